The summed E-state index contributed by atoms with van der Waals surface area (Å²) in [6.07, 6.45) is 0. The number of halogens is 40. The summed E-state index contributed by atoms with van der Waals surface area (Å²) < 4.78 is 634. The van der Waals surface area contributed by atoms with Crippen LogP contribution >= 0.6 is 9.24 Å². The monoisotopic (exact) mass is 1530 g/mol. The van der Waals surface area contributed by atoms with E-state index >= 15 is 123 Å². The third-order valence-corrected chi connectivity index (χ3v) is 15.7. The molecule has 0 heterocycles. The van der Waals surface area contributed by atoms with Gasteiger partial charge in [-0.2, -0.15) is 0 Å². The summed E-state index contributed by atoms with van der Waals surface area (Å²) in [6, 6.07) is 0. The maximum Gasteiger partial charge on any atom is 0.200 e. The molecule has 0 aliphatic rings. The van der Waals surface area contributed by atoms with Crippen LogP contribution in [-0.4, -0.2) is 0 Å². The molecule has 10 aromatic rings. The average molecular weight is 1530 g/mol. The van der Waals surface area contributed by atoms with Gasteiger partial charge in [0.15, 0.2) is 175 Å². The van der Waals surface area contributed by atoms with E-state index in [1.807, 2.05) is 0 Å². The Morgan fingerprint density at radius 2 is 0.206 bits per heavy atom. The Morgan fingerprint density at radius 1 is 0.108 bits per heavy atom. The van der Waals surface area contributed by atoms with Gasteiger partial charge in [0, 0.05) is 16.4 Å². The van der Waals surface area contributed by atoms with Gasteiger partial charge in [0.25, 0.3) is 0 Å². The molecule has 0 aliphatic heterocycles. The first-order valence-electron chi connectivity index (χ1n) is 25.6. The molecule has 1 atom stereocenters. The quantitative estimate of drug-likeness (QED) is 0.0585. The van der Waals surface area contributed by atoms with Crippen LogP contribution < -0.4 is 5.30 Å². The minimum absolute atomic E-state index is 0.293. The Balaban J connectivity index is 1.47. The summed E-state index contributed by atoms with van der Waals surface area (Å²) in [5.41, 5.74) is -63.9. The predicted octanol–water partition coefficient (Wildman–Crippen LogP) is 22.1. The van der Waals surface area contributed by atoms with Gasteiger partial charge in [0.1, 0.15) is 40.7 Å². The molecule has 0 radical (unpaired) electrons. The van der Waals surface area contributed by atoms with Gasteiger partial charge in [-0.15, -0.1) is 9.24 Å². The predicted molar refractivity (Wildman–Crippen MR) is 268 cm³/mol. The Kier molecular flexibility index (Phi) is 18.6. The molecule has 10 aromatic carbocycles. The Hall–Kier alpha value is -10.2. The minimum atomic E-state index is -4.20. The van der Waals surface area contributed by atoms with E-state index in [0.717, 1.165) is 9.24 Å². The van der Waals surface area contributed by atoms with Gasteiger partial charge in [-0.25, -0.2) is 176 Å². The molecule has 0 spiro atoms. The van der Waals surface area contributed by atoms with E-state index in [0.29, 0.717) is 0 Å². The van der Waals surface area contributed by atoms with Crippen molar-refractivity contribution in [3.63, 3.8) is 0 Å². The fraction of sp³-hybridized carbons (Fsp3) is 0.0164. The van der Waals surface area contributed by atoms with Gasteiger partial charge in [-0.1, -0.05) is 0 Å². The summed E-state index contributed by atoms with van der Waals surface area (Å²) in [7, 11) is 0.823. The molecule has 0 nitrogen and oxygen atoms in total. The third kappa shape index (κ3) is 10.0. The molecule has 0 N–H and O–H groups in total. The normalized spacial score (nSPS) is 11.8. The lowest BCUT2D eigenvalue weighted by Gasteiger charge is -2.23. The van der Waals surface area contributed by atoms with Crippen LogP contribution in [0.1, 0.15) is 5.56 Å². The second-order valence-electron chi connectivity index (χ2n) is 20.3. The van der Waals surface area contributed by atoms with Gasteiger partial charge in [-0.3, -0.25) is 0 Å². The summed E-state index contributed by atoms with van der Waals surface area (Å²) in [6.45, 7) is -0.293. The zero-order chi connectivity index (χ0) is 76.6. The van der Waals surface area contributed by atoms with Crippen LogP contribution in [0.25, 0.3) is 100 Å². The lowest BCUT2D eigenvalue weighted by Crippen LogP contribution is -2.17. The van der Waals surface area contributed by atoms with Crippen LogP contribution in [0.15, 0.2) is 0 Å². The Bertz CT molecular complexity index is 4640. The molecule has 0 amide bonds. The van der Waals surface area contributed by atoms with Gasteiger partial charge in [0.05, 0.1) is 89.0 Å². The van der Waals surface area contributed by atoms with Gasteiger partial charge in [0.2, 0.25) is 17.5 Å². The van der Waals surface area contributed by atoms with Crippen LogP contribution in [0.4, 0.5) is 176 Å². The molecule has 0 aliphatic carbocycles. The van der Waals surface area contributed by atoms with Crippen molar-refractivity contribution in [2.24, 2.45) is 0 Å². The zero-order valence-electron chi connectivity index (χ0n) is 46.7. The largest absolute Gasteiger partial charge is 0.206 e. The van der Waals surface area contributed by atoms with Crippen molar-refractivity contribution < 1.29 is 176 Å². The van der Waals surface area contributed by atoms with Crippen molar-refractivity contribution in [2.75, 3.05) is 0 Å². The second kappa shape index (κ2) is 25.4. The fourth-order valence-electron chi connectivity index (χ4n) is 10.5. The lowest BCUT2D eigenvalue weighted by molar-refractivity contribution is 0.379. The van der Waals surface area contributed by atoms with E-state index < -0.39 is 344 Å². The molecule has 0 fully saturated rings. The third-order valence-electron chi connectivity index (χ3n) is 15.2. The molecule has 534 valence electrons. The molecule has 1 unspecified atom stereocenters. The summed E-state index contributed by atoms with van der Waals surface area (Å²) in [4.78, 5) is 0. The lowest BCUT2D eigenvalue weighted by atomic mass is 9.84. The average Bonchev–Trinajstić information content (AvgIpc) is 0.705. The number of benzene rings is 10. The van der Waals surface area contributed by atoms with Crippen molar-refractivity contribution in [3.8, 4) is 100 Å². The Morgan fingerprint density at radius 3 is 0.392 bits per heavy atom. The smallest absolute Gasteiger partial charge is 0.200 e. The van der Waals surface area contributed by atoms with Gasteiger partial charge in [-0.05, 0) is 12.5 Å². The highest BCUT2D eigenvalue weighted by Gasteiger charge is 2.46. The topological polar surface area (TPSA) is 0 Å². The van der Waals surface area contributed by atoms with Crippen molar-refractivity contribution in [2.45, 2.75) is 6.92 Å². The van der Waals surface area contributed by atoms with Crippen LogP contribution in [0.2, 0.25) is 0 Å². The van der Waals surface area contributed by atoms with Gasteiger partial charge >= 0.3 is 0 Å². The van der Waals surface area contributed by atoms with E-state index in [-0.39, 0.29) is 6.92 Å². The SMILES string of the molecule is Cc1c(F)c(-c2c(F)c(-c3c(F)c(F)c(-c4c(F)c(F)c(F)c(F)c4F)c(F)c3F)c(F)c(-c3c(F)c(-c4c(F)c(F)c(-c5c(F)c(F)c(F)c(F)c5F)c(F)c4F)c(F)c(-c4c(F)c(F)c(-c5c(F)c(F)c(F)c(F)c5P)c(F)c4F)c3F)c2F)c(F)c(F)c1-c1c(F)c(F)c(F)c(F)c1F. The molecule has 10 rings (SSSR count). The summed E-state index contributed by atoms with van der Waals surface area (Å²) >= 11 is 0. The van der Waals surface area contributed by atoms with E-state index in [1.165, 1.54) is 0 Å². The number of hydrogen-bond acceptors (Lipinski definition) is 0. The van der Waals surface area contributed by atoms with Crippen LogP contribution in [0, 0.1) is 240 Å². The van der Waals surface area contributed by atoms with Crippen molar-refractivity contribution in [1.29, 1.82) is 0 Å². The highest BCUT2D eigenvalue weighted by molar-refractivity contribution is 7.28. The summed E-state index contributed by atoms with van der Waals surface area (Å²) in [5.74, 6) is -144. The van der Waals surface area contributed by atoms with Crippen LogP contribution in [0.5, 0.6) is 0 Å². The molecule has 0 saturated carbocycles. The molecular formula is C61H5F40P. The van der Waals surface area contributed by atoms with Crippen molar-refractivity contribution >= 4 is 14.5 Å². The maximum atomic E-state index is 18.0. The highest BCUT2D eigenvalue weighted by Crippen LogP contribution is 2.54. The standard InChI is InChI=1S/C61H5F40P/c1-2-3(4-42(83)49(90)56(97)50(91)43(4)84)28(69)29(70)5(21(2)62)6-22(63)7(24(65)9(23(6)64)12-30(71)36(77)15(37(78)31(12)72)17-44(85)51(92)57(98)52(93)45(17)86)8-25(66)10(13-32(73)38(79)16(39(80)33(13)74)18-46(87)53(94)58(99)54(95)47(18)88)27(68)11(26(8)67)14-34(75)40(81)19(41(82)35(14)76)20-48(89)55(96)59(100)60(101)61(20)102/h102H2,1H3. The first-order valence-corrected chi connectivity index (χ1v) is 26.2. The van der Waals surface area contributed by atoms with E-state index in [9.17, 15) is 52.7 Å². The molecule has 0 aromatic heterocycles. The van der Waals surface area contributed by atoms with Crippen molar-refractivity contribution in [1.82, 2.24) is 0 Å². The molecule has 0 bridgehead atoms. The molecular weight excluding hydrogens is 1520 g/mol. The minimum Gasteiger partial charge on any atom is -0.206 e. The van der Waals surface area contributed by atoms with Gasteiger partial charge < -0.3 is 0 Å². The highest BCUT2D eigenvalue weighted by atomic mass is 31.0. The fourth-order valence-corrected chi connectivity index (χ4v) is 10.9. The van der Waals surface area contributed by atoms with Crippen LogP contribution in [-0.2, 0) is 0 Å². The van der Waals surface area contributed by atoms with E-state index in [2.05, 4.69) is 0 Å². The molecule has 102 heavy (non-hydrogen) atoms. The number of hydrogen-bond donors (Lipinski definition) is 0. The van der Waals surface area contributed by atoms with E-state index in [4.69, 9.17) is 0 Å². The Labute approximate surface area is 534 Å². The first-order chi connectivity index (χ1) is 47.2. The van der Waals surface area contributed by atoms with Crippen LogP contribution in [0.3, 0.4) is 0 Å². The molecule has 0 saturated heterocycles. The van der Waals surface area contributed by atoms with E-state index in [1.54, 1.807) is 0 Å². The number of rotatable bonds is 9. The van der Waals surface area contributed by atoms with Crippen molar-refractivity contribution in [3.05, 3.63) is 238 Å². The summed E-state index contributed by atoms with van der Waals surface area (Å²) in [5, 5.41) is -2.06. The maximum absolute atomic E-state index is 18.0. The molecule has 41 heteroatoms. The second-order valence-corrected chi connectivity index (χ2v) is 20.9. The zero-order valence-corrected chi connectivity index (χ0v) is 47.9. The first kappa shape index (κ1) is 74.5.